The van der Waals surface area contributed by atoms with Crippen molar-refractivity contribution in [2.24, 2.45) is 0 Å². The van der Waals surface area contributed by atoms with Crippen LogP contribution in [0.15, 0.2) is 188 Å². The third kappa shape index (κ3) is 5.05. The molecule has 0 unspecified atom stereocenters. The molecule has 0 radical (unpaired) electrons. The quantitative estimate of drug-likeness (QED) is 0.173. The van der Waals surface area contributed by atoms with E-state index in [0.29, 0.717) is 23.5 Å². The van der Waals surface area contributed by atoms with E-state index in [9.17, 15) is 0 Å². The highest BCUT2D eigenvalue weighted by Crippen LogP contribution is 2.38. The molecule has 4 heterocycles. The summed E-state index contributed by atoms with van der Waals surface area (Å²) >= 11 is 0. The van der Waals surface area contributed by atoms with Gasteiger partial charge in [0.1, 0.15) is 0 Å². The summed E-state index contributed by atoms with van der Waals surface area (Å²) < 4.78 is 6.52. The Morgan fingerprint density at radius 1 is 0.364 bits per heavy atom. The first kappa shape index (κ1) is 30.9. The number of hydrogen-bond donors (Lipinski definition) is 0. The molecule has 0 amide bonds. The van der Waals surface area contributed by atoms with Crippen molar-refractivity contribution in [1.29, 1.82) is 0 Å². The number of aromatic nitrogens is 7. The van der Waals surface area contributed by atoms with Gasteiger partial charge in [-0.2, -0.15) is 9.97 Å². The van der Waals surface area contributed by atoms with Crippen LogP contribution in [0.3, 0.4) is 0 Å². The van der Waals surface area contributed by atoms with Crippen LogP contribution in [0.1, 0.15) is 0 Å². The molecule has 7 nitrogen and oxygen atoms in total. The zero-order chi connectivity index (χ0) is 36.3. The van der Waals surface area contributed by atoms with Crippen LogP contribution in [0.5, 0.6) is 0 Å². The van der Waals surface area contributed by atoms with E-state index in [1.54, 1.807) is 6.20 Å². The summed E-state index contributed by atoms with van der Waals surface area (Å²) in [7, 11) is 0. The van der Waals surface area contributed by atoms with Crippen LogP contribution < -0.4 is 0 Å². The second kappa shape index (κ2) is 12.5. The molecule has 7 heteroatoms. The van der Waals surface area contributed by atoms with Crippen molar-refractivity contribution in [3.63, 3.8) is 0 Å². The first-order chi connectivity index (χ1) is 27.3. The van der Waals surface area contributed by atoms with Crippen molar-refractivity contribution in [1.82, 2.24) is 33.6 Å². The van der Waals surface area contributed by atoms with E-state index in [-0.39, 0.29) is 0 Å². The number of imidazole rings is 1. The van der Waals surface area contributed by atoms with Crippen LogP contribution in [-0.4, -0.2) is 33.6 Å². The molecule has 0 fully saturated rings. The van der Waals surface area contributed by atoms with Crippen LogP contribution in [0.25, 0.3) is 95.1 Å². The van der Waals surface area contributed by atoms with Crippen LogP contribution in [0.2, 0.25) is 0 Å². The van der Waals surface area contributed by atoms with Crippen molar-refractivity contribution in [2.75, 3.05) is 0 Å². The van der Waals surface area contributed by atoms with Gasteiger partial charge in [0.05, 0.1) is 22.1 Å². The lowest BCUT2D eigenvalue weighted by Gasteiger charge is -2.12. The SMILES string of the molecule is c1ccc(-c2nc(-c3ccccc3)nc(-n3ccnc3-n3c4ccccc4c4cc(-c5ccc6c(c5)c5ccccc5n6-c5ccccc5)ccc43)n2)cc1. The van der Waals surface area contributed by atoms with E-state index in [0.717, 1.165) is 49.7 Å². The van der Waals surface area contributed by atoms with Gasteiger partial charge in [0.25, 0.3) is 0 Å². The van der Waals surface area contributed by atoms with Gasteiger partial charge in [0.2, 0.25) is 11.9 Å². The number of benzene rings is 7. The van der Waals surface area contributed by atoms with Crippen LogP contribution in [-0.2, 0) is 0 Å². The molecule has 0 aliphatic carbocycles. The Balaban J connectivity index is 1.08. The van der Waals surface area contributed by atoms with E-state index >= 15 is 0 Å². The number of rotatable bonds is 6. The third-order valence-electron chi connectivity index (χ3n) is 10.4. The summed E-state index contributed by atoms with van der Waals surface area (Å²) in [5, 5.41) is 4.74. The fourth-order valence-corrected chi connectivity index (χ4v) is 7.90. The van der Waals surface area contributed by atoms with Gasteiger partial charge in [-0.15, -0.1) is 0 Å². The Morgan fingerprint density at radius 3 is 1.42 bits per heavy atom. The average Bonchev–Trinajstić information content (AvgIpc) is 3.97. The minimum absolute atomic E-state index is 0.491. The Kier molecular flexibility index (Phi) is 7.03. The number of fused-ring (bicyclic) bond motifs is 6. The lowest BCUT2D eigenvalue weighted by Crippen LogP contribution is -2.10. The molecule has 0 N–H and O–H groups in total. The molecule has 55 heavy (non-hydrogen) atoms. The minimum atomic E-state index is 0.491. The van der Waals surface area contributed by atoms with Gasteiger partial charge in [-0.05, 0) is 59.7 Å². The molecule has 11 aromatic rings. The minimum Gasteiger partial charge on any atom is -0.309 e. The van der Waals surface area contributed by atoms with Gasteiger partial charge in [-0.25, -0.2) is 9.97 Å². The van der Waals surface area contributed by atoms with Gasteiger partial charge >= 0.3 is 0 Å². The van der Waals surface area contributed by atoms with Crippen LogP contribution in [0.4, 0.5) is 0 Å². The maximum Gasteiger partial charge on any atom is 0.240 e. The van der Waals surface area contributed by atoms with Gasteiger partial charge < -0.3 is 4.57 Å². The largest absolute Gasteiger partial charge is 0.309 e. The predicted octanol–water partition coefficient (Wildman–Crippen LogP) is 11.3. The highest BCUT2D eigenvalue weighted by atomic mass is 15.3. The summed E-state index contributed by atoms with van der Waals surface area (Å²) in [4.78, 5) is 19.9. The van der Waals surface area contributed by atoms with E-state index < -0.39 is 0 Å². The lowest BCUT2D eigenvalue weighted by molar-refractivity contribution is 0.859. The highest BCUT2D eigenvalue weighted by molar-refractivity contribution is 6.12. The van der Waals surface area contributed by atoms with Crippen LogP contribution in [0, 0.1) is 0 Å². The Bertz CT molecular complexity index is 3140. The molecule has 11 rings (SSSR count). The van der Waals surface area contributed by atoms with E-state index in [2.05, 4.69) is 124 Å². The highest BCUT2D eigenvalue weighted by Gasteiger charge is 2.20. The van der Waals surface area contributed by atoms with E-state index in [1.165, 1.54) is 21.8 Å². The first-order valence-corrected chi connectivity index (χ1v) is 18.3. The summed E-state index contributed by atoms with van der Waals surface area (Å²) in [5.41, 5.74) is 9.76. The normalized spacial score (nSPS) is 11.6. The summed E-state index contributed by atoms with van der Waals surface area (Å²) in [6, 6.07) is 61.4. The molecule has 258 valence electrons. The van der Waals surface area contributed by atoms with E-state index in [4.69, 9.17) is 19.9 Å². The van der Waals surface area contributed by atoms with Crippen LogP contribution >= 0.6 is 0 Å². The van der Waals surface area contributed by atoms with Crippen molar-refractivity contribution in [3.05, 3.63) is 188 Å². The van der Waals surface area contributed by atoms with E-state index in [1.807, 2.05) is 71.4 Å². The monoisotopic (exact) mass is 705 g/mol. The zero-order valence-corrected chi connectivity index (χ0v) is 29.5. The van der Waals surface area contributed by atoms with Crippen molar-refractivity contribution in [2.45, 2.75) is 0 Å². The fourth-order valence-electron chi connectivity index (χ4n) is 7.90. The molecule has 0 aliphatic rings. The number of nitrogens with zero attached hydrogens (tertiary/aromatic N) is 7. The molecule has 7 aromatic carbocycles. The van der Waals surface area contributed by atoms with Gasteiger partial charge in [0, 0.05) is 50.8 Å². The van der Waals surface area contributed by atoms with Crippen molar-refractivity contribution < 1.29 is 0 Å². The van der Waals surface area contributed by atoms with Gasteiger partial charge in [-0.3, -0.25) is 9.13 Å². The van der Waals surface area contributed by atoms with Crippen molar-refractivity contribution >= 4 is 43.6 Å². The zero-order valence-electron chi connectivity index (χ0n) is 29.5. The maximum atomic E-state index is 5.01. The summed E-state index contributed by atoms with van der Waals surface area (Å²) in [5.74, 6) is 2.38. The molecular weight excluding hydrogens is 675 g/mol. The Morgan fingerprint density at radius 2 is 0.836 bits per heavy atom. The molecule has 0 aliphatic heterocycles. The Labute approximate surface area is 316 Å². The van der Waals surface area contributed by atoms with Gasteiger partial charge in [-0.1, -0.05) is 127 Å². The third-order valence-corrected chi connectivity index (χ3v) is 10.4. The smallest absolute Gasteiger partial charge is 0.240 e. The average molecular weight is 706 g/mol. The summed E-state index contributed by atoms with van der Waals surface area (Å²) in [6.45, 7) is 0. The molecule has 4 aromatic heterocycles. The van der Waals surface area contributed by atoms with Crippen molar-refractivity contribution in [3.8, 4) is 51.5 Å². The second-order valence-electron chi connectivity index (χ2n) is 13.6. The fraction of sp³-hybridized carbons (Fsp3) is 0. The second-order valence-corrected chi connectivity index (χ2v) is 13.6. The number of hydrogen-bond acceptors (Lipinski definition) is 4. The maximum absolute atomic E-state index is 5.01. The Hall–Kier alpha value is -7.64. The number of para-hydroxylation sites is 3. The molecule has 0 bridgehead atoms. The molecule has 0 atom stereocenters. The molecule has 0 saturated carbocycles. The predicted molar refractivity (Wildman–Crippen MR) is 222 cm³/mol. The van der Waals surface area contributed by atoms with Gasteiger partial charge in [0.15, 0.2) is 11.6 Å². The molecule has 0 spiro atoms. The topological polar surface area (TPSA) is 66.3 Å². The molecular formula is C48H31N7. The standard InChI is InChI=1S/C48H31N7/c1-4-14-32(15-5-1)45-50-46(33-16-6-2-7-17-33)52-47(51-45)53-29-28-49-48(53)55-42-23-13-11-21-38(42)40-31-35(25-27-44(40)55)34-24-26-43-39(30-34)37-20-10-12-22-41(37)54(43)36-18-8-3-9-19-36/h1-31H. The molecule has 0 saturated heterocycles. The first-order valence-electron chi connectivity index (χ1n) is 18.3. The lowest BCUT2D eigenvalue weighted by atomic mass is 10.0. The summed E-state index contributed by atoms with van der Waals surface area (Å²) in [6.07, 6.45) is 3.73.